The zero-order valence-electron chi connectivity index (χ0n) is 13.6. The normalized spacial score (nSPS) is 14.5. The number of sulfonamides is 1. The maximum absolute atomic E-state index is 12.1. The predicted molar refractivity (Wildman–Crippen MR) is 93.7 cm³/mol. The third-order valence-electron chi connectivity index (χ3n) is 3.42. The average Bonchev–Trinajstić information content (AvgIpc) is 2.70. The van der Waals surface area contributed by atoms with E-state index in [1.54, 1.807) is 38.1 Å². The van der Waals surface area contributed by atoms with E-state index in [-0.39, 0.29) is 49.5 Å². The molecule has 0 spiro atoms. The highest BCUT2D eigenvalue weighted by molar-refractivity contribution is 7.89. The van der Waals surface area contributed by atoms with E-state index in [2.05, 4.69) is 4.72 Å². The van der Waals surface area contributed by atoms with Crippen LogP contribution in [0.5, 0.6) is 0 Å². The van der Waals surface area contributed by atoms with Crippen LogP contribution in [0.15, 0.2) is 24.3 Å². The van der Waals surface area contributed by atoms with Crippen molar-refractivity contribution >= 4 is 34.2 Å². The fourth-order valence-electron chi connectivity index (χ4n) is 2.22. The molecule has 7 nitrogen and oxygen atoms in total. The second-order valence-electron chi connectivity index (χ2n) is 6.29. The van der Waals surface area contributed by atoms with Gasteiger partial charge in [0.15, 0.2) is 0 Å². The van der Waals surface area contributed by atoms with E-state index in [0.29, 0.717) is 11.1 Å². The van der Waals surface area contributed by atoms with Crippen molar-refractivity contribution in [2.24, 2.45) is 5.73 Å². The van der Waals surface area contributed by atoms with Gasteiger partial charge in [-0.05, 0) is 32.4 Å². The Labute approximate surface area is 148 Å². The molecule has 1 aromatic rings. The number of rotatable bonds is 7. The quantitative estimate of drug-likeness (QED) is 0.683. The molecule has 1 aliphatic heterocycles. The van der Waals surface area contributed by atoms with E-state index >= 15 is 0 Å². The van der Waals surface area contributed by atoms with Gasteiger partial charge in [0.05, 0.1) is 16.9 Å². The SMILES string of the molecule is CC(C)(N)CNS(=O)(=O)CCCN1C(=O)c2ccccc2C1=O.Cl. The molecule has 0 fully saturated rings. The van der Waals surface area contributed by atoms with Gasteiger partial charge >= 0.3 is 0 Å². The molecular weight excluding hydrogens is 354 g/mol. The van der Waals surface area contributed by atoms with Crippen molar-refractivity contribution in [3.05, 3.63) is 35.4 Å². The largest absolute Gasteiger partial charge is 0.324 e. The zero-order chi connectivity index (χ0) is 17.3. The number of imide groups is 1. The molecule has 0 saturated heterocycles. The topological polar surface area (TPSA) is 110 Å². The molecule has 1 heterocycles. The van der Waals surface area contributed by atoms with E-state index in [9.17, 15) is 18.0 Å². The van der Waals surface area contributed by atoms with Crippen LogP contribution in [0.2, 0.25) is 0 Å². The summed E-state index contributed by atoms with van der Waals surface area (Å²) in [5.74, 6) is -0.922. The summed E-state index contributed by atoms with van der Waals surface area (Å²) in [6, 6.07) is 6.57. The van der Waals surface area contributed by atoms with Gasteiger partial charge in [-0.2, -0.15) is 0 Å². The van der Waals surface area contributed by atoms with Crippen LogP contribution >= 0.6 is 12.4 Å². The molecule has 3 N–H and O–H groups in total. The first-order valence-corrected chi connectivity index (χ1v) is 8.97. The number of hydrogen-bond donors (Lipinski definition) is 2. The molecule has 0 bridgehead atoms. The molecule has 0 radical (unpaired) electrons. The summed E-state index contributed by atoms with van der Waals surface area (Å²) in [5, 5.41) is 0. The Morgan fingerprint density at radius 3 is 2.08 bits per heavy atom. The van der Waals surface area contributed by atoms with Crippen LogP contribution in [-0.2, 0) is 10.0 Å². The van der Waals surface area contributed by atoms with Crippen molar-refractivity contribution in [3.8, 4) is 0 Å². The molecule has 0 aliphatic carbocycles. The molecule has 2 amide bonds. The van der Waals surface area contributed by atoms with Crippen molar-refractivity contribution in [2.75, 3.05) is 18.8 Å². The van der Waals surface area contributed by atoms with Gasteiger partial charge in [-0.3, -0.25) is 14.5 Å². The van der Waals surface area contributed by atoms with E-state index in [4.69, 9.17) is 5.73 Å². The van der Waals surface area contributed by atoms with Crippen LogP contribution in [0.1, 0.15) is 41.0 Å². The minimum absolute atomic E-state index is 0. The molecule has 134 valence electrons. The zero-order valence-corrected chi connectivity index (χ0v) is 15.2. The molecule has 0 aromatic heterocycles. The number of carbonyl (C=O) groups excluding carboxylic acids is 2. The number of amides is 2. The third kappa shape index (κ3) is 5.01. The van der Waals surface area contributed by atoms with Crippen molar-refractivity contribution in [3.63, 3.8) is 0 Å². The Balaban J connectivity index is 0.00000288. The molecule has 1 aromatic carbocycles. The lowest BCUT2D eigenvalue weighted by atomic mass is 10.1. The fraction of sp³-hybridized carbons (Fsp3) is 0.467. The van der Waals surface area contributed by atoms with Crippen LogP contribution in [0.25, 0.3) is 0 Å². The van der Waals surface area contributed by atoms with Gasteiger partial charge in [-0.1, -0.05) is 12.1 Å². The number of benzene rings is 1. The first-order valence-electron chi connectivity index (χ1n) is 7.32. The molecule has 0 atom stereocenters. The average molecular weight is 376 g/mol. The summed E-state index contributed by atoms with van der Waals surface area (Å²) in [5.41, 5.74) is 5.82. The molecule has 1 aliphatic rings. The van der Waals surface area contributed by atoms with Crippen LogP contribution < -0.4 is 10.5 Å². The summed E-state index contributed by atoms with van der Waals surface area (Å²) in [7, 11) is -3.49. The molecule has 0 unspecified atom stereocenters. The monoisotopic (exact) mass is 375 g/mol. The molecule has 9 heteroatoms. The first-order chi connectivity index (χ1) is 10.6. The number of hydrogen-bond acceptors (Lipinski definition) is 5. The van der Waals surface area contributed by atoms with Crippen LogP contribution in [0.3, 0.4) is 0 Å². The van der Waals surface area contributed by atoms with Crippen LogP contribution in [-0.4, -0.2) is 49.5 Å². The Hall–Kier alpha value is -1.48. The number of fused-ring (bicyclic) bond motifs is 1. The second kappa shape index (κ2) is 7.60. The molecule has 2 rings (SSSR count). The highest BCUT2D eigenvalue weighted by atomic mass is 35.5. The van der Waals surface area contributed by atoms with Crippen LogP contribution in [0.4, 0.5) is 0 Å². The maximum atomic E-state index is 12.1. The number of carbonyl (C=O) groups is 2. The van der Waals surface area contributed by atoms with Gasteiger partial charge < -0.3 is 5.73 Å². The number of nitrogens with one attached hydrogen (secondary N) is 1. The predicted octanol–water partition coefficient (Wildman–Crippen LogP) is 0.751. The highest BCUT2D eigenvalue weighted by Crippen LogP contribution is 2.22. The lowest BCUT2D eigenvalue weighted by Crippen LogP contribution is -2.45. The summed E-state index contributed by atoms with van der Waals surface area (Å²) >= 11 is 0. The Bertz CT molecular complexity index is 693. The Kier molecular flexibility index (Phi) is 6.52. The smallest absolute Gasteiger partial charge is 0.261 e. The van der Waals surface area contributed by atoms with Crippen molar-refractivity contribution < 1.29 is 18.0 Å². The van der Waals surface area contributed by atoms with E-state index in [1.165, 1.54) is 0 Å². The van der Waals surface area contributed by atoms with Gasteiger partial charge in [-0.15, -0.1) is 12.4 Å². The number of halogens is 1. The van der Waals surface area contributed by atoms with Crippen molar-refractivity contribution in [1.29, 1.82) is 0 Å². The van der Waals surface area contributed by atoms with E-state index in [0.717, 1.165) is 4.90 Å². The fourth-order valence-corrected chi connectivity index (χ4v) is 3.47. The third-order valence-corrected chi connectivity index (χ3v) is 4.83. The minimum atomic E-state index is -3.49. The van der Waals surface area contributed by atoms with E-state index < -0.39 is 15.6 Å². The van der Waals surface area contributed by atoms with Crippen molar-refractivity contribution in [2.45, 2.75) is 25.8 Å². The van der Waals surface area contributed by atoms with Gasteiger partial charge in [0.25, 0.3) is 11.8 Å². The summed E-state index contributed by atoms with van der Waals surface area (Å²) in [4.78, 5) is 25.4. The van der Waals surface area contributed by atoms with Gasteiger partial charge in [0.1, 0.15) is 0 Å². The second-order valence-corrected chi connectivity index (χ2v) is 8.22. The Morgan fingerprint density at radius 2 is 1.62 bits per heavy atom. The Morgan fingerprint density at radius 1 is 1.12 bits per heavy atom. The van der Waals surface area contributed by atoms with Gasteiger partial charge in [0.2, 0.25) is 10.0 Å². The number of nitrogens with zero attached hydrogens (tertiary/aromatic N) is 1. The highest BCUT2D eigenvalue weighted by Gasteiger charge is 2.34. The van der Waals surface area contributed by atoms with Gasteiger partial charge in [0, 0.05) is 18.6 Å². The lowest BCUT2D eigenvalue weighted by molar-refractivity contribution is 0.0654. The van der Waals surface area contributed by atoms with Crippen LogP contribution in [0, 0.1) is 0 Å². The van der Waals surface area contributed by atoms with E-state index in [1.807, 2.05) is 0 Å². The minimum Gasteiger partial charge on any atom is -0.324 e. The maximum Gasteiger partial charge on any atom is 0.261 e. The summed E-state index contributed by atoms with van der Waals surface area (Å²) in [6.45, 7) is 3.63. The number of nitrogens with two attached hydrogens (primary N) is 1. The summed E-state index contributed by atoms with van der Waals surface area (Å²) in [6.07, 6.45) is 0.172. The van der Waals surface area contributed by atoms with Crippen molar-refractivity contribution in [1.82, 2.24) is 9.62 Å². The van der Waals surface area contributed by atoms with Gasteiger partial charge in [-0.25, -0.2) is 13.1 Å². The standard InChI is InChI=1S/C15H21N3O4S.ClH/c1-15(2,16)10-17-23(21,22)9-5-8-18-13(19)11-6-3-4-7-12(11)14(18)20;/h3-4,6-7,17H,5,8-10,16H2,1-2H3;1H. The lowest BCUT2D eigenvalue weighted by Gasteiger charge is -2.19. The summed E-state index contributed by atoms with van der Waals surface area (Å²) < 4.78 is 26.2. The molecular formula is C15H22ClN3O4S. The molecule has 24 heavy (non-hydrogen) atoms. The first kappa shape index (κ1) is 20.6. The molecule has 0 saturated carbocycles.